The van der Waals surface area contributed by atoms with Gasteiger partial charge >= 0.3 is 0 Å². The summed E-state index contributed by atoms with van der Waals surface area (Å²) < 4.78 is 0. The summed E-state index contributed by atoms with van der Waals surface area (Å²) in [6, 6.07) is 5.65. The summed E-state index contributed by atoms with van der Waals surface area (Å²) in [6.45, 7) is 0.303. The fraction of sp³-hybridized carbons (Fsp3) is 0.231. The highest BCUT2D eigenvalue weighted by atomic mass is 16.1. The Hall–Kier alpha value is -2.30. The SMILES string of the molecule is CNC(=O)CN(C)c1ccc(N)c2cnccc12. The first kappa shape index (κ1) is 12.2. The van der Waals surface area contributed by atoms with Gasteiger partial charge in [-0.2, -0.15) is 0 Å². The number of pyridine rings is 1. The average Bonchev–Trinajstić information content (AvgIpc) is 2.39. The number of likely N-dealkylation sites (N-methyl/N-ethyl adjacent to an activating group) is 2. The predicted octanol–water partition coefficient (Wildman–Crippen LogP) is 0.999. The molecule has 1 aromatic carbocycles. The normalized spacial score (nSPS) is 10.3. The number of carbonyl (C=O) groups is 1. The van der Waals surface area contributed by atoms with Gasteiger partial charge < -0.3 is 16.0 Å². The molecule has 5 nitrogen and oxygen atoms in total. The van der Waals surface area contributed by atoms with E-state index in [0.29, 0.717) is 12.2 Å². The van der Waals surface area contributed by atoms with E-state index in [0.717, 1.165) is 16.5 Å². The fourth-order valence-corrected chi connectivity index (χ4v) is 1.91. The Morgan fingerprint density at radius 3 is 2.89 bits per heavy atom. The molecule has 2 rings (SSSR count). The third-order valence-corrected chi connectivity index (χ3v) is 2.90. The van der Waals surface area contributed by atoms with Gasteiger partial charge in [-0.3, -0.25) is 9.78 Å². The molecule has 0 aliphatic carbocycles. The molecular weight excluding hydrogens is 228 g/mol. The van der Waals surface area contributed by atoms with Crippen LogP contribution in [0.1, 0.15) is 0 Å². The van der Waals surface area contributed by atoms with Crippen LogP contribution in [0.15, 0.2) is 30.6 Å². The number of nitrogen functional groups attached to an aromatic ring is 1. The van der Waals surface area contributed by atoms with E-state index in [2.05, 4.69) is 10.3 Å². The second-order valence-electron chi connectivity index (χ2n) is 4.12. The lowest BCUT2D eigenvalue weighted by Gasteiger charge is -2.20. The van der Waals surface area contributed by atoms with Crippen LogP contribution in [0.4, 0.5) is 11.4 Å². The van der Waals surface area contributed by atoms with Crippen LogP contribution in [-0.2, 0) is 4.79 Å². The smallest absolute Gasteiger partial charge is 0.239 e. The van der Waals surface area contributed by atoms with E-state index in [-0.39, 0.29) is 5.91 Å². The maximum atomic E-state index is 11.4. The lowest BCUT2D eigenvalue weighted by atomic mass is 10.1. The number of nitrogens with two attached hydrogens (primary N) is 1. The number of carbonyl (C=O) groups excluding carboxylic acids is 1. The second kappa shape index (κ2) is 4.91. The van der Waals surface area contributed by atoms with Gasteiger partial charge in [-0.15, -0.1) is 0 Å². The average molecular weight is 244 g/mol. The fourth-order valence-electron chi connectivity index (χ4n) is 1.91. The molecule has 0 saturated heterocycles. The third kappa shape index (κ3) is 2.20. The van der Waals surface area contributed by atoms with E-state index < -0.39 is 0 Å². The summed E-state index contributed by atoms with van der Waals surface area (Å²) in [6.07, 6.45) is 3.46. The Bertz CT molecular complexity index is 582. The van der Waals surface area contributed by atoms with Crippen LogP contribution in [0, 0.1) is 0 Å². The van der Waals surface area contributed by atoms with Gasteiger partial charge in [0.2, 0.25) is 5.91 Å². The summed E-state index contributed by atoms with van der Waals surface area (Å²) in [5, 5.41) is 4.51. The predicted molar refractivity (Wildman–Crippen MR) is 73.5 cm³/mol. The van der Waals surface area contributed by atoms with Crippen molar-refractivity contribution >= 4 is 28.1 Å². The van der Waals surface area contributed by atoms with E-state index in [1.54, 1.807) is 19.4 Å². The standard InChI is InChI=1S/C13H16N4O/c1-15-13(18)8-17(2)12-4-3-11(14)10-7-16-6-5-9(10)12/h3-7H,8,14H2,1-2H3,(H,15,18). The van der Waals surface area contributed by atoms with Crippen LogP contribution in [0.2, 0.25) is 0 Å². The van der Waals surface area contributed by atoms with Gasteiger partial charge in [0.1, 0.15) is 0 Å². The highest BCUT2D eigenvalue weighted by Gasteiger charge is 2.10. The molecule has 1 aromatic heterocycles. The van der Waals surface area contributed by atoms with Crippen molar-refractivity contribution in [2.24, 2.45) is 0 Å². The lowest BCUT2D eigenvalue weighted by Crippen LogP contribution is -2.33. The zero-order chi connectivity index (χ0) is 13.1. The maximum absolute atomic E-state index is 11.4. The van der Waals surface area contributed by atoms with Crippen molar-refractivity contribution in [3.05, 3.63) is 30.6 Å². The number of nitrogens with zero attached hydrogens (tertiary/aromatic N) is 2. The van der Waals surface area contributed by atoms with Crippen molar-refractivity contribution in [2.45, 2.75) is 0 Å². The number of hydrogen-bond acceptors (Lipinski definition) is 4. The first-order chi connectivity index (χ1) is 8.63. The highest BCUT2D eigenvalue weighted by molar-refractivity contribution is 6.01. The number of benzene rings is 1. The number of amides is 1. The highest BCUT2D eigenvalue weighted by Crippen LogP contribution is 2.29. The molecule has 18 heavy (non-hydrogen) atoms. The number of rotatable bonds is 3. The molecule has 0 bridgehead atoms. The minimum atomic E-state index is -0.0310. The van der Waals surface area contributed by atoms with Gasteiger partial charge in [-0.25, -0.2) is 0 Å². The van der Waals surface area contributed by atoms with Crippen molar-refractivity contribution in [2.75, 3.05) is 31.3 Å². The van der Waals surface area contributed by atoms with Crippen LogP contribution in [0.3, 0.4) is 0 Å². The van der Waals surface area contributed by atoms with Gasteiger partial charge in [0.25, 0.3) is 0 Å². The summed E-state index contributed by atoms with van der Waals surface area (Å²) >= 11 is 0. The summed E-state index contributed by atoms with van der Waals surface area (Å²) in [5.41, 5.74) is 7.57. The second-order valence-corrected chi connectivity index (χ2v) is 4.12. The van der Waals surface area contributed by atoms with Crippen molar-refractivity contribution in [3.8, 4) is 0 Å². The summed E-state index contributed by atoms with van der Waals surface area (Å²) in [4.78, 5) is 17.4. The van der Waals surface area contributed by atoms with Gasteiger partial charge in [0.05, 0.1) is 6.54 Å². The van der Waals surface area contributed by atoms with Crippen molar-refractivity contribution in [1.82, 2.24) is 10.3 Å². The van der Waals surface area contributed by atoms with Crippen LogP contribution in [0.5, 0.6) is 0 Å². The Balaban J connectivity index is 2.45. The number of hydrogen-bond donors (Lipinski definition) is 2. The largest absolute Gasteiger partial charge is 0.398 e. The van der Waals surface area contributed by atoms with Gasteiger partial charge in [0.15, 0.2) is 0 Å². The molecule has 94 valence electrons. The molecule has 1 heterocycles. The van der Waals surface area contributed by atoms with Gasteiger partial charge in [0, 0.05) is 48.6 Å². The molecule has 0 aliphatic rings. The van der Waals surface area contributed by atoms with Crippen LogP contribution in [-0.4, -0.2) is 31.5 Å². The topological polar surface area (TPSA) is 71.2 Å². The molecule has 0 fully saturated rings. The molecule has 2 aromatic rings. The molecule has 0 unspecified atom stereocenters. The number of aromatic nitrogens is 1. The van der Waals surface area contributed by atoms with Crippen LogP contribution in [0.25, 0.3) is 10.8 Å². The van der Waals surface area contributed by atoms with Gasteiger partial charge in [-0.1, -0.05) is 0 Å². The first-order valence-corrected chi connectivity index (χ1v) is 5.67. The van der Waals surface area contributed by atoms with E-state index >= 15 is 0 Å². The molecule has 1 amide bonds. The molecular formula is C13H16N4O. The lowest BCUT2D eigenvalue weighted by molar-refractivity contribution is -0.119. The van der Waals surface area contributed by atoms with E-state index in [4.69, 9.17) is 5.73 Å². The van der Waals surface area contributed by atoms with Crippen LogP contribution < -0.4 is 16.0 Å². The Morgan fingerprint density at radius 2 is 2.17 bits per heavy atom. The summed E-state index contributed by atoms with van der Waals surface area (Å²) in [7, 11) is 3.50. The van der Waals surface area contributed by atoms with Crippen molar-refractivity contribution in [3.63, 3.8) is 0 Å². The molecule has 5 heteroatoms. The quantitative estimate of drug-likeness (QED) is 0.790. The van der Waals surface area contributed by atoms with Crippen LogP contribution >= 0.6 is 0 Å². The van der Waals surface area contributed by atoms with E-state index in [9.17, 15) is 4.79 Å². The monoisotopic (exact) mass is 244 g/mol. The third-order valence-electron chi connectivity index (χ3n) is 2.90. The molecule has 3 N–H and O–H groups in total. The van der Waals surface area contributed by atoms with Crippen molar-refractivity contribution < 1.29 is 4.79 Å². The first-order valence-electron chi connectivity index (χ1n) is 5.67. The summed E-state index contributed by atoms with van der Waals surface area (Å²) in [5.74, 6) is -0.0310. The molecule has 0 spiro atoms. The Labute approximate surface area is 106 Å². The molecule has 0 radical (unpaired) electrons. The Morgan fingerprint density at radius 1 is 1.39 bits per heavy atom. The van der Waals surface area contributed by atoms with E-state index in [1.807, 2.05) is 30.1 Å². The minimum absolute atomic E-state index is 0.0310. The van der Waals surface area contributed by atoms with Crippen molar-refractivity contribution in [1.29, 1.82) is 0 Å². The maximum Gasteiger partial charge on any atom is 0.239 e. The molecule has 0 aliphatic heterocycles. The van der Waals surface area contributed by atoms with E-state index in [1.165, 1.54) is 0 Å². The zero-order valence-corrected chi connectivity index (χ0v) is 10.5. The molecule has 0 saturated carbocycles. The molecule has 0 atom stereocenters. The zero-order valence-electron chi connectivity index (χ0n) is 10.5. The Kier molecular flexibility index (Phi) is 3.32. The number of fused-ring (bicyclic) bond motifs is 1. The number of nitrogens with one attached hydrogen (secondary N) is 1. The minimum Gasteiger partial charge on any atom is -0.398 e. The number of anilines is 2. The van der Waals surface area contributed by atoms with Gasteiger partial charge in [-0.05, 0) is 18.2 Å².